The molecule has 1 saturated carbocycles. The average Bonchev–Trinajstić information content (AvgIpc) is 3.43. The molecule has 2 aromatic heterocycles. The second kappa shape index (κ2) is 8.60. The van der Waals surface area contributed by atoms with E-state index < -0.39 is 24.5 Å². The molecule has 2 aromatic rings. The zero-order valence-electron chi connectivity index (χ0n) is 16.4. The number of carbonyl (C=O) groups is 1. The van der Waals surface area contributed by atoms with Crippen LogP contribution in [0.15, 0.2) is 12.7 Å². The van der Waals surface area contributed by atoms with Crippen LogP contribution >= 0.6 is 0 Å². The highest BCUT2D eigenvalue weighted by molar-refractivity contribution is 5.82. The average molecular weight is 405 g/mol. The van der Waals surface area contributed by atoms with Gasteiger partial charge < -0.3 is 25.0 Å². The molecule has 4 atom stereocenters. The first-order chi connectivity index (χ1) is 14.1. The van der Waals surface area contributed by atoms with Gasteiger partial charge in [0.05, 0.1) is 6.33 Å². The summed E-state index contributed by atoms with van der Waals surface area (Å²) in [6.07, 6.45) is 4.42. The summed E-state index contributed by atoms with van der Waals surface area (Å²) in [6.45, 7) is 1.76. The van der Waals surface area contributed by atoms with Crippen LogP contribution in [0, 0.1) is 0 Å². The van der Waals surface area contributed by atoms with E-state index in [0.717, 1.165) is 12.8 Å². The van der Waals surface area contributed by atoms with Crippen molar-refractivity contribution in [3.8, 4) is 0 Å². The first-order valence-electron chi connectivity index (χ1n) is 10.2. The molecule has 0 bridgehead atoms. The van der Waals surface area contributed by atoms with Crippen molar-refractivity contribution in [2.24, 2.45) is 0 Å². The lowest BCUT2D eigenvalue weighted by atomic mass is 10.1. The first kappa shape index (κ1) is 20.0. The molecule has 3 heterocycles. The van der Waals surface area contributed by atoms with E-state index in [1.807, 2.05) is 6.92 Å². The fraction of sp³-hybridized carbons (Fsp3) is 0.684. The number of nitrogens with zero attached hydrogens (tertiary/aromatic N) is 4. The summed E-state index contributed by atoms with van der Waals surface area (Å²) >= 11 is 0. The Morgan fingerprint density at radius 1 is 1.28 bits per heavy atom. The maximum absolute atomic E-state index is 11.6. The van der Waals surface area contributed by atoms with Gasteiger partial charge in [-0.3, -0.25) is 9.36 Å². The monoisotopic (exact) mass is 405 g/mol. The van der Waals surface area contributed by atoms with E-state index in [1.165, 1.54) is 25.5 Å². The van der Waals surface area contributed by atoms with Gasteiger partial charge in [-0.05, 0) is 19.3 Å². The van der Waals surface area contributed by atoms with Crippen molar-refractivity contribution in [3.63, 3.8) is 0 Å². The minimum absolute atomic E-state index is 0.121. The molecule has 10 heteroatoms. The highest BCUT2D eigenvalue weighted by Gasteiger charge is 2.45. The van der Waals surface area contributed by atoms with E-state index in [1.54, 1.807) is 4.57 Å². The van der Waals surface area contributed by atoms with Crippen LogP contribution in [0.5, 0.6) is 0 Å². The molecule has 0 aromatic carbocycles. The minimum atomic E-state index is -1.21. The number of carbonyl (C=O) groups excluding carboxylic acids is 1. The maximum Gasteiger partial charge on any atom is 0.305 e. The number of imidazole rings is 1. The van der Waals surface area contributed by atoms with Gasteiger partial charge in [-0.2, -0.15) is 0 Å². The van der Waals surface area contributed by atoms with Crippen LogP contribution in [0.2, 0.25) is 0 Å². The largest absolute Gasteiger partial charge is 0.463 e. The van der Waals surface area contributed by atoms with Crippen molar-refractivity contribution in [1.29, 1.82) is 0 Å². The number of anilines is 1. The number of hydrogen-bond acceptors (Lipinski definition) is 9. The number of esters is 1. The van der Waals surface area contributed by atoms with Crippen LogP contribution in [0.4, 0.5) is 5.82 Å². The molecule has 1 aliphatic carbocycles. The van der Waals surface area contributed by atoms with Crippen molar-refractivity contribution < 1.29 is 24.5 Å². The van der Waals surface area contributed by atoms with Crippen molar-refractivity contribution in [1.82, 2.24) is 19.5 Å². The van der Waals surface area contributed by atoms with Gasteiger partial charge in [-0.1, -0.05) is 19.8 Å². The quantitative estimate of drug-likeness (QED) is 0.580. The normalized spacial score (nSPS) is 27.6. The molecular weight excluding hydrogens is 378 g/mol. The van der Waals surface area contributed by atoms with Gasteiger partial charge in [-0.15, -0.1) is 0 Å². The zero-order chi connectivity index (χ0) is 20.4. The second-order valence-electron chi connectivity index (χ2n) is 7.65. The summed E-state index contributed by atoms with van der Waals surface area (Å²) in [5.74, 6) is 0.295. The van der Waals surface area contributed by atoms with E-state index in [9.17, 15) is 15.0 Å². The van der Waals surface area contributed by atoms with Crippen molar-refractivity contribution >= 4 is 23.0 Å². The van der Waals surface area contributed by atoms with Gasteiger partial charge in [0.1, 0.15) is 31.2 Å². The Bertz CT molecular complexity index is 853. The maximum atomic E-state index is 11.6. The molecule has 29 heavy (non-hydrogen) atoms. The minimum Gasteiger partial charge on any atom is -0.463 e. The van der Waals surface area contributed by atoms with Gasteiger partial charge in [-0.25, -0.2) is 15.0 Å². The number of nitrogens with one attached hydrogen (secondary N) is 1. The lowest BCUT2D eigenvalue weighted by molar-refractivity contribution is -0.150. The molecule has 4 rings (SSSR count). The number of aromatic nitrogens is 4. The highest BCUT2D eigenvalue weighted by atomic mass is 16.6. The molecule has 1 saturated heterocycles. The van der Waals surface area contributed by atoms with E-state index in [-0.39, 0.29) is 12.6 Å². The van der Waals surface area contributed by atoms with Crippen LogP contribution in [0.3, 0.4) is 0 Å². The summed E-state index contributed by atoms with van der Waals surface area (Å²) in [7, 11) is 0. The second-order valence-corrected chi connectivity index (χ2v) is 7.65. The summed E-state index contributed by atoms with van der Waals surface area (Å²) in [5.41, 5.74) is 1.09. The third kappa shape index (κ3) is 4.05. The molecule has 0 radical (unpaired) electrons. The van der Waals surface area contributed by atoms with Crippen molar-refractivity contribution in [3.05, 3.63) is 12.7 Å². The predicted octanol–water partition coefficient (Wildman–Crippen LogP) is 1.14. The Hall–Kier alpha value is -2.30. The number of aliphatic hydroxyl groups is 2. The first-order valence-corrected chi connectivity index (χ1v) is 10.2. The Morgan fingerprint density at radius 2 is 2.07 bits per heavy atom. The summed E-state index contributed by atoms with van der Waals surface area (Å²) in [4.78, 5) is 24.6. The molecule has 10 nitrogen and oxygen atoms in total. The van der Waals surface area contributed by atoms with Gasteiger partial charge >= 0.3 is 5.97 Å². The number of aliphatic hydroxyl groups excluding tert-OH is 2. The van der Waals surface area contributed by atoms with Crippen LogP contribution in [-0.4, -0.2) is 66.7 Å². The van der Waals surface area contributed by atoms with Crippen LogP contribution in [-0.2, 0) is 14.3 Å². The van der Waals surface area contributed by atoms with Crippen LogP contribution < -0.4 is 5.32 Å². The molecule has 1 aliphatic heterocycles. The summed E-state index contributed by atoms with van der Waals surface area (Å²) < 4.78 is 12.5. The predicted molar refractivity (Wildman–Crippen MR) is 103 cm³/mol. The SMILES string of the molecule is CCCC(=O)OC[C@H]1O[C@@H](n2cnc3c(NC4CCCC4)ncnc32)C(O)C1O. The molecule has 2 aliphatic rings. The van der Waals surface area contributed by atoms with E-state index in [0.29, 0.717) is 35.9 Å². The van der Waals surface area contributed by atoms with E-state index >= 15 is 0 Å². The van der Waals surface area contributed by atoms with Crippen molar-refractivity contribution in [2.45, 2.75) is 76.0 Å². The van der Waals surface area contributed by atoms with Crippen LogP contribution in [0.1, 0.15) is 51.7 Å². The topological polar surface area (TPSA) is 132 Å². The number of fused-ring (bicyclic) bond motifs is 1. The molecule has 2 unspecified atom stereocenters. The third-order valence-electron chi connectivity index (χ3n) is 5.53. The Labute approximate surface area is 168 Å². The molecule has 2 fully saturated rings. The summed E-state index contributed by atoms with van der Waals surface area (Å²) in [6, 6.07) is 0.371. The summed E-state index contributed by atoms with van der Waals surface area (Å²) in [5, 5.41) is 24.3. The Morgan fingerprint density at radius 3 is 2.83 bits per heavy atom. The highest BCUT2D eigenvalue weighted by Crippen LogP contribution is 2.33. The molecular formula is C19H27N5O5. The molecule has 0 spiro atoms. The zero-order valence-corrected chi connectivity index (χ0v) is 16.4. The van der Waals surface area contributed by atoms with E-state index in [4.69, 9.17) is 9.47 Å². The van der Waals surface area contributed by atoms with Gasteiger partial charge in [0.2, 0.25) is 0 Å². The standard InChI is InChI=1S/C19H27N5O5/c1-2-5-13(25)28-8-12-15(26)16(27)19(29-12)24-10-22-14-17(20-9-21-18(14)24)23-11-6-3-4-7-11/h9-12,15-16,19,26-27H,2-8H2,1H3,(H,20,21,23)/t12-,15?,16?,19-/m1/s1. The van der Waals surface area contributed by atoms with Crippen molar-refractivity contribution in [2.75, 3.05) is 11.9 Å². The Balaban J connectivity index is 1.51. The number of hydrogen-bond donors (Lipinski definition) is 3. The smallest absolute Gasteiger partial charge is 0.305 e. The number of ether oxygens (including phenoxy) is 2. The molecule has 3 N–H and O–H groups in total. The molecule has 158 valence electrons. The van der Waals surface area contributed by atoms with Gasteiger partial charge in [0.15, 0.2) is 23.2 Å². The van der Waals surface area contributed by atoms with Gasteiger partial charge in [0.25, 0.3) is 0 Å². The van der Waals surface area contributed by atoms with Gasteiger partial charge in [0, 0.05) is 12.5 Å². The fourth-order valence-corrected chi connectivity index (χ4v) is 3.96. The lowest BCUT2D eigenvalue weighted by Crippen LogP contribution is -2.34. The van der Waals surface area contributed by atoms with Crippen LogP contribution in [0.25, 0.3) is 11.2 Å². The molecule has 0 amide bonds. The van der Waals surface area contributed by atoms with E-state index in [2.05, 4.69) is 20.3 Å². The Kier molecular flexibility index (Phi) is 5.93. The lowest BCUT2D eigenvalue weighted by Gasteiger charge is -2.17. The third-order valence-corrected chi connectivity index (χ3v) is 5.53. The number of rotatable bonds is 7. The fourth-order valence-electron chi connectivity index (χ4n) is 3.96.